The summed E-state index contributed by atoms with van der Waals surface area (Å²) in [6.07, 6.45) is 0. The second kappa shape index (κ2) is 8.19. The molecule has 2 rings (SSSR count). The van der Waals surface area contributed by atoms with Crippen molar-refractivity contribution in [3.05, 3.63) is 68.7 Å². The van der Waals surface area contributed by atoms with Crippen molar-refractivity contribution in [3.63, 3.8) is 0 Å². The minimum absolute atomic E-state index is 0.0746. The first-order chi connectivity index (χ1) is 12.2. The Morgan fingerprint density at radius 1 is 1.15 bits per heavy atom. The van der Waals surface area contributed by atoms with E-state index >= 15 is 0 Å². The van der Waals surface area contributed by atoms with Crippen LogP contribution in [0.25, 0.3) is 0 Å². The molecule has 7 heteroatoms. The second-order valence-electron chi connectivity index (χ2n) is 6.55. The van der Waals surface area contributed by atoms with E-state index in [9.17, 15) is 14.9 Å². The van der Waals surface area contributed by atoms with Crippen LogP contribution in [0.1, 0.15) is 30.9 Å². The fourth-order valence-corrected chi connectivity index (χ4v) is 2.72. The summed E-state index contributed by atoms with van der Waals surface area (Å²) in [4.78, 5) is 26.3. The maximum atomic E-state index is 12.6. The molecule has 0 unspecified atom stereocenters. The molecule has 26 heavy (non-hydrogen) atoms. The quantitative estimate of drug-likeness (QED) is 0.541. The number of anilines is 1. The first-order valence-corrected chi connectivity index (χ1v) is 8.60. The van der Waals surface area contributed by atoms with Gasteiger partial charge in [0.1, 0.15) is 5.02 Å². The minimum atomic E-state index is -0.526. The first kappa shape index (κ1) is 19.7. The monoisotopic (exact) mass is 375 g/mol. The molecule has 0 N–H and O–H groups in total. The number of rotatable bonds is 5. The Bertz CT molecular complexity index is 804. The molecular formula is C19H22ClN3O3. The molecule has 0 fully saturated rings. The lowest BCUT2D eigenvalue weighted by Crippen LogP contribution is -2.38. The predicted octanol–water partition coefficient (Wildman–Crippen LogP) is 5.06. The molecule has 2 amide bonds. The number of halogens is 1. The molecule has 6 nitrogen and oxygen atoms in total. The van der Waals surface area contributed by atoms with Gasteiger partial charge in [-0.05, 0) is 35.2 Å². The van der Waals surface area contributed by atoms with Crippen molar-refractivity contribution in [3.8, 4) is 0 Å². The van der Waals surface area contributed by atoms with Crippen LogP contribution >= 0.6 is 11.6 Å². The number of urea groups is 1. The normalized spacial score (nSPS) is 10.7. The second-order valence-corrected chi connectivity index (χ2v) is 6.96. The standard InChI is InChI=1S/C19H22ClN3O3/c1-13(2)15-6-8-16(9-7-15)22(19(24)21(3)4)12-14-5-10-17(20)18(11-14)23(25)26/h5-11,13H,12H2,1-4H3. The summed E-state index contributed by atoms with van der Waals surface area (Å²) in [7, 11) is 3.34. The lowest BCUT2D eigenvalue weighted by Gasteiger charge is -2.26. The van der Waals surface area contributed by atoms with Gasteiger partial charge in [0, 0.05) is 25.8 Å². The number of carbonyl (C=O) groups is 1. The maximum Gasteiger partial charge on any atom is 0.324 e. The van der Waals surface area contributed by atoms with Crippen LogP contribution in [0.15, 0.2) is 42.5 Å². The van der Waals surface area contributed by atoms with Gasteiger partial charge >= 0.3 is 6.03 Å². The Balaban J connectivity index is 2.38. The Morgan fingerprint density at radius 3 is 2.27 bits per heavy atom. The molecule has 138 valence electrons. The van der Waals surface area contributed by atoms with Crippen molar-refractivity contribution >= 4 is 29.0 Å². The largest absolute Gasteiger partial charge is 0.330 e. The van der Waals surface area contributed by atoms with Crippen molar-refractivity contribution < 1.29 is 9.72 Å². The maximum absolute atomic E-state index is 12.6. The Kier molecular flexibility index (Phi) is 6.21. The summed E-state index contributed by atoms with van der Waals surface area (Å²) in [6, 6.07) is 12.1. The molecule has 0 aliphatic heterocycles. The van der Waals surface area contributed by atoms with Crippen LogP contribution in [0.3, 0.4) is 0 Å². The van der Waals surface area contributed by atoms with E-state index in [0.717, 1.165) is 5.69 Å². The van der Waals surface area contributed by atoms with Crippen LogP contribution < -0.4 is 4.90 Å². The molecule has 0 atom stereocenters. The molecular weight excluding hydrogens is 354 g/mol. The van der Waals surface area contributed by atoms with E-state index in [1.165, 1.54) is 22.6 Å². The number of amides is 2. The number of hydrogen-bond acceptors (Lipinski definition) is 3. The average Bonchev–Trinajstić information content (AvgIpc) is 2.60. The molecule has 0 saturated heterocycles. The highest BCUT2D eigenvalue weighted by Gasteiger charge is 2.20. The molecule has 0 heterocycles. The lowest BCUT2D eigenvalue weighted by atomic mass is 10.0. The molecule has 0 radical (unpaired) electrons. The van der Waals surface area contributed by atoms with Gasteiger partial charge in [-0.15, -0.1) is 0 Å². The summed E-state index contributed by atoms with van der Waals surface area (Å²) in [6.45, 7) is 4.41. The van der Waals surface area contributed by atoms with Crippen LogP contribution in [0, 0.1) is 10.1 Å². The van der Waals surface area contributed by atoms with Gasteiger partial charge in [-0.2, -0.15) is 0 Å². The van der Waals surface area contributed by atoms with Gasteiger partial charge in [0.25, 0.3) is 5.69 Å². The molecule has 0 aliphatic carbocycles. The number of benzene rings is 2. The third-order valence-electron chi connectivity index (χ3n) is 4.03. The van der Waals surface area contributed by atoms with E-state index in [4.69, 9.17) is 11.6 Å². The van der Waals surface area contributed by atoms with Crippen molar-refractivity contribution in [2.24, 2.45) is 0 Å². The molecule has 2 aromatic carbocycles. The summed E-state index contributed by atoms with van der Waals surface area (Å²) in [5.74, 6) is 0.390. The highest BCUT2D eigenvalue weighted by atomic mass is 35.5. The van der Waals surface area contributed by atoms with Gasteiger partial charge < -0.3 is 4.90 Å². The zero-order chi connectivity index (χ0) is 19.4. The molecule has 0 spiro atoms. The molecule has 0 aromatic heterocycles. The molecule has 0 aliphatic rings. The van der Waals surface area contributed by atoms with E-state index in [2.05, 4.69) is 13.8 Å². The zero-order valence-corrected chi connectivity index (χ0v) is 16.0. The number of hydrogen-bond donors (Lipinski definition) is 0. The van der Waals surface area contributed by atoms with E-state index in [1.54, 1.807) is 25.1 Å². The SMILES string of the molecule is CC(C)c1ccc(N(Cc2ccc(Cl)c([N+](=O)[O-])c2)C(=O)N(C)C)cc1. The zero-order valence-electron chi connectivity index (χ0n) is 15.3. The number of carbonyl (C=O) groups excluding carboxylic acids is 1. The number of nitrogens with zero attached hydrogens (tertiary/aromatic N) is 3. The van der Waals surface area contributed by atoms with Crippen LogP contribution in [-0.4, -0.2) is 29.9 Å². The first-order valence-electron chi connectivity index (χ1n) is 8.22. The average molecular weight is 376 g/mol. The Hall–Kier alpha value is -2.60. The summed E-state index contributed by atoms with van der Waals surface area (Å²) in [5.41, 5.74) is 2.36. The van der Waals surface area contributed by atoms with Crippen molar-refractivity contribution in [1.82, 2.24) is 4.90 Å². The van der Waals surface area contributed by atoms with Gasteiger partial charge in [0.15, 0.2) is 0 Å². The highest BCUT2D eigenvalue weighted by molar-refractivity contribution is 6.32. The van der Waals surface area contributed by atoms with Gasteiger partial charge in [-0.25, -0.2) is 4.79 Å². The van der Waals surface area contributed by atoms with Gasteiger partial charge in [0.05, 0.1) is 11.5 Å². The summed E-state index contributed by atoms with van der Waals surface area (Å²) < 4.78 is 0. The van der Waals surface area contributed by atoms with Crippen LogP contribution in [0.2, 0.25) is 5.02 Å². The smallest absolute Gasteiger partial charge is 0.324 e. The third-order valence-corrected chi connectivity index (χ3v) is 4.35. The fraction of sp³-hybridized carbons (Fsp3) is 0.316. The molecule has 0 bridgehead atoms. The van der Waals surface area contributed by atoms with E-state index in [-0.39, 0.29) is 23.3 Å². The van der Waals surface area contributed by atoms with Crippen molar-refractivity contribution in [2.45, 2.75) is 26.3 Å². The minimum Gasteiger partial charge on any atom is -0.330 e. The van der Waals surface area contributed by atoms with Crippen LogP contribution in [-0.2, 0) is 6.54 Å². The fourth-order valence-electron chi connectivity index (χ4n) is 2.53. The Labute approximate surface area is 158 Å². The topological polar surface area (TPSA) is 66.7 Å². The Morgan fingerprint density at radius 2 is 1.77 bits per heavy atom. The highest BCUT2D eigenvalue weighted by Crippen LogP contribution is 2.27. The van der Waals surface area contributed by atoms with E-state index in [1.807, 2.05) is 24.3 Å². The molecule has 0 saturated carbocycles. The predicted molar refractivity (Wildman–Crippen MR) is 104 cm³/mol. The summed E-state index contributed by atoms with van der Waals surface area (Å²) >= 11 is 5.87. The summed E-state index contributed by atoms with van der Waals surface area (Å²) in [5, 5.41) is 11.2. The third kappa shape index (κ3) is 4.52. The lowest BCUT2D eigenvalue weighted by molar-refractivity contribution is -0.384. The van der Waals surface area contributed by atoms with Gasteiger partial charge in [0.2, 0.25) is 0 Å². The number of nitro benzene ring substituents is 1. The molecule has 2 aromatic rings. The van der Waals surface area contributed by atoms with Crippen molar-refractivity contribution in [2.75, 3.05) is 19.0 Å². The van der Waals surface area contributed by atoms with Gasteiger partial charge in [-0.3, -0.25) is 15.0 Å². The number of nitro groups is 1. The van der Waals surface area contributed by atoms with E-state index in [0.29, 0.717) is 11.5 Å². The van der Waals surface area contributed by atoms with E-state index < -0.39 is 4.92 Å². The van der Waals surface area contributed by atoms with Gasteiger partial charge in [-0.1, -0.05) is 43.6 Å². The van der Waals surface area contributed by atoms with Crippen molar-refractivity contribution in [1.29, 1.82) is 0 Å². The van der Waals surface area contributed by atoms with Crippen LogP contribution in [0.4, 0.5) is 16.2 Å². The van der Waals surface area contributed by atoms with Crippen LogP contribution in [0.5, 0.6) is 0 Å².